The summed E-state index contributed by atoms with van der Waals surface area (Å²) in [5.41, 5.74) is 3.29. The van der Waals surface area contributed by atoms with Crippen molar-refractivity contribution in [1.29, 1.82) is 0 Å². The molecular weight excluding hydrogens is 243 g/mol. The van der Waals surface area contributed by atoms with Crippen molar-refractivity contribution in [2.45, 2.75) is 37.9 Å². The normalized spacial score (nSPS) is 32.7. The summed E-state index contributed by atoms with van der Waals surface area (Å²) in [6.07, 6.45) is -1.96. The topological polar surface area (TPSA) is 18.5 Å². The van der Waals surface area contributed by atoms with Crippen LogP contribution in [0.1, 0.15) is 25.7 Å². The standard InChI is InChI=1S/C12H22F3N3/c1-17-5-7-18(8-6-17)16-11-4-2-3-10(9-11)12(13,14)15/h10-11,16H,2-9H2,1H3. The average Bonchev–Trinajstić information content (AvgIpc) is 2.31. The van der Waals surface area contributed by atoms with Gasteiger partial charge in [0.1, 0.15) is 0 Å². The molecule has 6 heteroatoms. The molecule has 0 aromatic rings. The maximum Gasteiger partial charge on any atom is 0.391 e. The van der Waals surface area contributed by atoms with E-state index in [1.54, 1.807) is 0 Å². The molecule has 18 heavy (non-hydrogen) atoms. The Bertz CT molecular complexity index is 262. The summed E-state index contributed by atoms with van der Waals surface area (Å²) in [5, 5.41) is 2.09. The van der Waals surface area contributed by atoms with Crippen LogP contribution in [0.15, 0.2) is 0 Å². The lowest BCUT2D eigenvalue weighted by Gasteiger charge is -2.38. The van der Waals surface area contributed by atoms with Gasteiger partial charge in [-0.05, 0) is 26.3 Å². The van der Waals surface area contributed by atoms with Crippen molar-refractivity contribution in [1.82, 2.24) is 15.3 Å². The number of likely N-dealkylation sites (N-methyl/N-ethyl adjacent to an activating group) is 1. The Balaban J connectivity index is 1.79. The first-order chi connectivity index (χ1) is 8.45. The highest BCUT2D eigenvalue weighted by Crippen LogP contribution is 2.37. The van der Waals surface area contributed by atoms with Crippen LogP contribution in [-0.2, 0) is 0 Å². The molecule has 1 aliphatic carbocycles. The van der Waals surface area contributed by atoms with Crippen molar-refractivity contribution < 1.29 is 13.2 Å². The molecule has 0 amide bonds. The lowest BCUT2D eigenvalue weighted by molar-refractivity contribution is -0.185. The van der Waals surface area contributed by atoms with Gasteiger partial charge in [0.05, 0.1) is 5.92 Å². The molecule has 1 N–H and O–H groups in total. The van der Waals surface area contributed by atoms with Crippen molar-refractivity contribution in [2.24, 2.45) is 5.92 Å². The third-order valence-corrected chi connectivity index (χ3v) is 4.01. The molecule has 2 fully saturated rings. The van der Waals surface area contributed by atoms with Crippen molar-refractivity contribution in [3.05, 3.63) is 0 Å². The molecule has 0 radical (unpaired) electrons. The monoisotopic (exact) mass is 265 g/mol. The molecule has 2 unspecified atom stereocenters. The van der Waals surface area contributed by atoms with Crippen LogP contribution in [-0.4, -0.2) is 55.4 Å². The van der Waals surface area contributed by atoms with E-state index in [0.717, 1.165) is 32.6 Å². The van der Waals surface area contributed by atoms with Gasteiger partial charge >= 0.3 is 6.18 Å². The minimum absolute atomic E-state index is 0.00576. The number of hydrazine groups is 1. The Labute approximate surface area is 106 Å². The fraction of sp³-hybridized carbons (Fsp3) is 1.00. The molecule has 0 aromatic heterocycles. The van der Waals surface area contributed by atoms with E-state index in [2.05, 4.69) is 22.4 Å². The van der Waals surface area contributed by atoms with Crippen LogP contribution in [0.25, 0.3) is 0 Å². The van der Waals surface area contributed by atoms with Crippen LogP contribution in [0.3, 0.4) is 0 Å². The average molecular weight is 265 g/mol. The Morgan fingerprint density at radius 2 is 1.72 bits per heavy atom. The van der Waals surface area contributed by atoms with E-state index in [1.165, 1.54) is 0 Å². The molecule has 1 saturated carbocycles. The van der Waals surface area contributed by atoms with Crippen LogP contribution in [0.2, 0.25) is 0 Å². The summed E-state index contributed by atoms with van der Waals surface area (Å²) in [6.45, 7) is 3.73. The Morgan fingerprint density at radius 1 is 1.06 bits per heavy atom. The third-order valence-electron chi connectivity index (χ3n) is 4.01. The summed E-state index contributed by atoms with van der Waals surface area (Å²) in [7, 11) is 2.07. The number of rotatable bonds is 2. The first-order valence-corrected chi connectivity index (χ1v) is 6.71. The summed E-state index contributed by atoms with van der Waals surface area (Å²) in [4.78, 5) is 2.23. The van der Waals surface area contributed by atoms with Gasteiger partial charge in [0.25, 0.3) is 0 Å². The smallest absolute Gasteiger partial charge is 0.304 e. The molecule has 0 spiro atoms. The third kappa shape index (κ3) is 3.83. The van der Waals surface area contributed by atoms with E-state index in [-0.39, 0.29) is 12.5 Å². The van der Waals surface area contributed by atoms with Gasteiger partial charge in [-0.3, -0.25) is 5.43 Å². The molecule has 1 saturated heterocycles. The van der Waals surface area contributed by atoms with E-state index in [1.807, 2.05) is 0 Å². The molecular formula is C12H22F3N3. The number of halogens is 3. The van der Waals surface area contributed by atoms with Crippen LogP contribution < -0.4 is 5.43 Å². The quantitative estimate of drug-likeness (QED) is 0.822. The van der Waals surface area contributed by atoms with Gasteiger partial charge in [-0.25, -0.2) is 5.01 Å². The van der Waals surface area contributed by atoms with Gasteiger partial charge in [-0.15, -0.1) is 0 Å². The summed E-state index contributed by atoms with van der Waals surface area (Å²) in [6, 6.07) is -0.00576. The van der Waals surface area contributed by atoms with E-state index in [0.29, 0.717) is 12.8 Å². The minimum Gasteiger partial charge on any atom is -0.304 e. The first-order valence-electron chi connectivity index (χ1n) is 6.71. The largest absolute Gasteiger partial charge is 0.391 e. The molecule has 2 aliphatic rings. The number of hydrogen-bond acceptors (Lipinski definition) is 3. The van der Waals surface area contributed by atoms with E-state index >= 15 is 0 Å². The lowest BCUT2D eigenvalue weighted by atomic mass is 9.85. The fourth-order valence-electron chi connectivity index (χ4n) is 2.80. The highest BCUT2D eigenvalue weighted by atomic mass is 19.4. The van der Waals surface area contributed by atoms with Crippen LogP contribution in [0.5, 0.6) is 0 Å². The molecule has 2 atom stereocenters. The Hall–Kier alpha value is -0.330. The zero-order chi connectivity index (χ0) is 13.2. The predicted molar refractivity (Wildman–Crippen MR) is 64.0 cm³/mol. The highest BCUT2D eigenvalue weighted by Gasteiger charge is 2.42. The van der Waals surface area contributed by atoms with Crippen LogP contribution in [0, 0.1) is 5.92 Å². The number of piperazine rings is 1. The van der Waals surface area contributed by atoms with Gasteiger partial charge in [-0.2, -0.15) is 13.2 Å². The van der Waals surface area contributed by atoms with Crippen molar-refractivity contribution >= 4 is 0 Å². The zero-order valence-electron chi connectivity index (χ0n) is 10.8. The maximum atomic E-state index is 12.7. The van der Waals surface area contributed by atoms with E-state index in [9.17, 15) is 13.2 Å². The van der Waals surface area contributed by atoms with Gasteiger partial charge < -0.3 is 4.90 Å². The molecule has 3 nitrogen and oxygen atoms in total. The Kier molecular flexibility index (Phi) is 4.50. The van der Waals surface area contributed by atoms with Gasteiger partial charge in [-0.1, -0.05) is 6.42 Å². The molecule has 0 aromatic carbocycles. The number of hydrogen-bond donors (Lipinski definition) is 1. The SMILES string of the molecule is CN1CCN(NC2CCCC(C(F)(F)F)C2)CC1. The van der Waals surface area contributed by atoms with Crippen molar-refractivity contribution in [3.8, 4) is 0 Å². The number of alkyl halides is 3. The summed E-state index contributed by atoms with van der Waals surface area (Å²) >= 11 is 0. The highest BCUT2D eigenvalue weighted by molar-refractivity contribution is 4.82. The van der Waals surface area contributed by atoms with Gasteiger partial charge in [0.2, 0.25) is 0 Å². The molecule has 106 valence electrons. The Morgan fingerprint density at radius 3 is 2.33 bits per heavy atom. The summed E-state index contributed by atoms with van der Waals surface area (Å²) in [5.74, 6) is -1.11. The molecule has 1 heterocycles. The van der Waals surface area contributed by atoms with E-state index in [4.69, 9.17) is 0 Å². The summed E-state index contributed by atoms with van der Waals surface area (Å²) < 4.78 is 38.1. The number of nitrogens with one attached hydrogen (secondary N) is 1. The first kappa shape index (κ1) is 14.1. The van der Waals surface area contributed by atoms with E-state index < -0.39 is 12.1 Å². The molecule has 2 rings (SSSR count). The van der Waals surface area contributed by atoms with Gasteiger partial charge in [0.15, 0.2) is 0 Å². The van der Waals surface area contributed by atoms with Crippen molar-refractivity contribution in [3.63, 3.8) is 0 Å². The lowest BCUT2D eigenvalue weighted by Crippen LogP contribution is -2.55. The predicted octanol–water partition coefficient (Wildman–Crippen LogP) is 1.86. The van der Waals surface area contributed by atoms with Gasteiger partial charge in [0, 0.05) is 32.2 Å². The fourth-order valence-corrected chi connectivity index (χ4v) is 2.80. The van der Waals surface area contributed by atoms with Crippen LogP contribution in [0.4, 0.5) is 13.2 Å². The number of nitrogens with zero attached hydrogens (tertiary/aromatic N) is 2. The minimum atomic E-state index is -4.03. The second-order valence-electron chi connectivity index (χ2n) is 5.52. The maximum absolute atomic E-state index is 12.7. The molecule has 0 bridgehead atoms. The van der Waals surface area contributed by atoms with Crippen LogP contribution >= 0.6 is 0 Å². The van der Waals surface area contributed by atoms with Crippen molar-refractivity contribution in [2.75, 3.05) is 33.2 Å². The second-order valence-corrected chi connectivity index (χ2v) is 5.52. The molecule has 1 aliphatic heterocycles. The zero-order valence-corrected chi connectivity index (χ0v) is 10.8. The second kappa shape index (κ2) is 5.75.